The fourth-order valence-electron chi connectivity index (χ4n) is 5.77. The molecular weight excluding hydrogens is 222 g/mol. The van der Waals surface area contributed by atoms with Crippen molar-refractivity contribution in [1.29, 1.82) is 0 Å². The summed E-state index contributed by atoms with van der Waals surface area (Å²) in [5.41, 5.74) is 6.99. The monoisotopic (exact) mass is 247 g/mol. The van der Waals surface area contributed by atoms with Gasteiger partial charge in [-0.15, -0.1) is 0 Å². The minimum absolute atomic E-state index is 0.170. The zero-order valence-electron chi connectivity index (χ0n) is 11.2. The Balaban J connectivity index is 1.50. The van der Waals surface area contributed by atoms with Crippen molar-refractivity contribution in [3.05, 3.63) is 0 Å². The third-order valence-electron chi connectivity index (χ3n) is 5.87. The van der Waals surface area contributed by atoms with Gasteiger partial charge in [0.15, 0.2) is 0 Å². The molecule has 3 heteroatoms. The lowest BCUT2D eigenvalue weighted by atomic mass is 9.48. The van der Waals surface area contributed by atoms with Crippen LogP contribution in [0.4, 0.5) is 0 Å². The number of amidine groups is 1. The first-order chi connectivity index (χ1) is 8.72. The highest BCUT2D eigenvalue weighted by atomic mass is 15.1. The molecule has 0 radical (unpaired) electrons. The summed E-state index contributed by atoms with van der Waals surface area (Å²) in [6.07, 6.45) is 10.1. The SMILES string of the molecule is NC(CC12CC3CC(CC(C3)C1)C2)C1=NCCN1. The van der Waals surface area contributed by atoms with Crippen LogP contribution in [0.25, 0.3) is 0 Å². The van der Waals surface area contributed by atoms with E-state index in [9.17, 15) is 0 Å². The van der Waals surface area contributed by atoms with Gasteiger partial charge in [-0.3, -0.25) is 4.99 Å². The van der Waals surface area contributed by atoms with Crippen molar-refractivity contribution in [3.63, 3.8) is 0 Å². The van der Waals surface area contributed by atoms with Crippen molar-refractivity contribution in [3.8, 4) is 0 Å². The highest BCUT2D eigenvalue weighted by molar-refractivity contribution is 5.88. The van der Waals surface area contributed by atoms with E-state index in [0.717, 1.165) is 36.7 Å². The molecule has 4 fully saturated rings. The van der Waals surface area contributed by atoms with Gasteiger partial charge in [-0.2, -0.15) is 0 Å². The third-order valence-corrected chi connectivity index (χ3v) is 5.87. The van der Waals surface area contributed by atoms with Crippen LogP contribution in [0, 0.1) is 23.2 Å². The number of aliphatic imine (C=N–C) groups is 1. The summed E-state index contributed by atoms with van der Waals surface area (Å²) in [5, 5.41) is 3.36. The van der Waals surface area contributed by atoms with Crippen LogP contribution in [-0.2, 0) is 0 Å². The number of rotatable bonds is 3. The van der Waals surface area contributed by atoms with Crippen molar-refractivity contribution in [2.45, 2.75) is 51.0 Å². The summed E-state index contributed by atoms with van der Waals surface area (Å²) in [6.45, 7) is 1.91. The lowest BCUT2D eigenvalue weighted by Crippen LogP contribution is -2.50. The lowest BCUT2D eigenvalue weighted by Gasteiger charge is -2.57. The van der Waals surface area contributed by atoms with Crippen molar-refractivity contribution >= 4 is 5.84 Å². The Kier molecular flexibility index (Phi) is 2.48. The summed E-state index contributed by atoms with van der Waals surface area (Å²) in [5.74, 6) is 4.18. The summed E-state index contributed by atoms with van der Waals surface area (Å²) in [7, 11) is 0. The van der Waals surface area contributed by atoms with E-state index in [1.807, 2.05) is 0 Å². The van der Waals surface area contributed by atoms with Crippen LogP contribution in [0.15, 0.2) is 4.99 Å². The summed E-state index contributed by atoms with van der Waals surface area (Å²) in [6, 6.07) is 0.170. The number of nitrogens with zero attached hydrogens (tertiary/aromatic N) is 1. The van der Waals surface area contributed by atoms with Gasteiger partial charge in [-0.1, -0.05) is 0 Å². The molecule has 5 rings (SSSR count). The second-order valence-corrected chi connectivity index (χ2v) is 7.42. The third kappa shape index (κ3) is 1.78. The normalized spacial score (nSPS) is 46.9. The van der Waals surface area contributed by atoms with E-state index >= 15 is 0 Å². The Morgan fingerprint density at radius 2 is 1.78 bits per heavy atom. The lowest BCUT2D eigenvalue weighted by molar-refractivity contribution is -0.0578. The molecule has 1 heterocycles. The van der Waals surface area contributed by atoms with Crippen molar-refractivity contribution in [2.75, 3.05) is 13.1 Å². The van der Waals surface area contributed by atoms with Crippen molar-refractivity contribution in [1.82, 2.24) is 5.32 Å². The van der Waals surface area contributed by atoms with Gasteiger partial charge in [0.25, 0.3) is 0 Å². The Labute approximate surface area is 110 Å². The average Bonchev–Trinajstić information content (AvgIpc) is 2.79. The van der Waals surface area contributed by atoms with E-state index in [1.54, 1.807) is 0 Å². The van der Waals surface area contributed by atoms with Crippen LogP contribution in [-0.4, -0.2) is 25.0 Å². The van der Waals surface area contributed by atoms with Crippen molar-refractivity contribution in [2.24, 2.45) is 33.9 Å². The topological polar surface area (TPSA) is 50.4 Å². The minimum atomic E-state index is 0.170. The van der Waals surface area contributed by atoms with Gasteiger partial charge in [0.05, 0.1) is 12.6 Å². The maximum Gasteiger partial charge on any atom is 0.113 e. The van der Waals surface area contributed by atoms with Crippen LogP contribution in [0.3, 0.4) is 0 Å². The largest absolute Gasteiger partial charge is 0.371 e. The van der Waals surface area contributed by atoms with E-state index in [4.69, 9.17) is 5.73 Å². The van der Waals surface area contributed by atoms with Crippen LogP contribution in [0.2, 0.25) is 0 Å². The standard InChI is InChI=1S/C15H25N3/c16-13(14-17-1-2-18-14)9-15-6-10-3-11(7-15)5-12(4-10)8-15/h10-13H,1-9,16H2,(H,17,18). The second kappa shape index (κ2) is 3.96. The number of nitrogens with one attached hydrogen (secondary N) is 1. The fourth-order valence-corrected chi connectivity index (χ4v) is 5.77. The van der Waals surface area contributed by atoms with Crippen LogP contribution in [0.1, 0.15) is 44.9 Å². The molecule has 3 nitrogen and oxygen atoms in total. The molecule has 4 bridgehead atoms. The van der Waals surface area contributed by atoms with E-state index in [0.29, 0.717) is 5.41 Å². The Morgan fingerprint density at radius 3 is 2.28 bits per heavy atom. The maximum absolute atomic E-state index is 6.41. The molecule has 0 aromatic rings. The molecule has 0 spiro atoms. The van der Waals surface area contributed by atoms with Gasteiger partial charge in [-0.25, -0.2) is 0 Å². The molecule has 0 saturated heterocycles. The smallest absolute Gasteiger partial charge is 0.113 e. The molecule has 0 amide bonds. The molecule has 1 aliphatic heterocycles. The molecule has 5 aliphatic rings. The van der Waals surface area contributed by atoms with E-state index in [1.165, 1.54) is 44.9 Å². The number of hydrogen-bond acceptors (Lipinski definition) is 3. The van der Waals surface area contributed by atoms with Crippen LogP contribution in [0.5, 0.6) is 0 Å². The molecule has 0 aromatic carbocycles. The van der Waals surface area contributed by atoms with E-state index < -0.39 is 0 Å². The zero-order valence-corrected chi connectivity index (χ0v) is 11.2. The first kappa shape index (κ1) is 11.3. The number of nitrogens with two attached hydrogens (primary N) is 1. The Morgan fingerprint density at radius 1 is 1.17 bits per heavy atom. The van der Waals surface area contributed by atoms with E-state index in [2.05, 4.69) is 10.3 Å². The van der Waals surface area contributed by atoms with Gasteiger partial charge in [-0.05, 0) is 68.1 Å². The second-order valence-electron chi connectivity index (χ2n) is 7.42. The molecular formula is C15H25N3. The molecule has 1 unspecified atom stereocenters. The van der Waals surface area contributed by atoms with Gasteiger partial charge >= 0.3 is 0 Å². The first-order valence-electron chi connectivity index (χ1n) is 7.76. The molecule has 1 atom stereocenters. The Hall–Kier alpha value is -0.570. The van der Waals surface area contributed by atoms with Crippen molar-refractivity contribution < 1.29 is 0 Å². The molecule has 18 heavy (non-hydrogen) atoms. The minimum Gasteiger partial charge on any atom is -0.371 e. The summed E-state index contributed by atoms with van der Waals surface area (Å²) < 4.78 is 0. The molecule has 3 N–H and O–H groups in total. The van der Waals surface area contributed by atoms with Gasteiger partial charge in [0.1, 0.15) is 5.84 Å². The predicted octanol–water partition coefficient (Wildman–Crippen LogP) is 1.92. The highest BCUT2D eigenvalue weighted by Crippen LogP contribution is 2.61. The maximum atomic E-state index is 6.41. The van der Waals surface area contributed by atoms with Gasteiger partial charge < -0.3 is 11.1 Å². The first-order valence-corrected chi connectivity index (χ1v) is 7.76. The Bertz CT molecular complexity index is 339. The average molecular weight is 247 g/mol. The van der Waals surface area contributed by atoms with Gasteiger partial charge in [0, 0.05) is 6.54 Å². The summed E-state index contributed by atoms with van der Waals surface area (Å²) >= 11 is 0. The highest BCUT2D eigenvalue weighted by Gasteiger charge is 2.51. The molecule has 0 aromatic heterocycles. The van der Waals surface area contributed by atoms with Crippen LogP contribution < -0.4 is 11.1 Å². The molecule has 4 saturated carbocycles. The zero-order chi connectivity index (χ0) is 12.2. The van der Waals surface area contributed by atoms with E-state index in [-0.39, 0.29) is 6.04 Å². The number of hydrogen-bond donors (Lipinski definition) is 2. The molecule has 100 valence electrons. The van der Waals surface area contributed by atoms with Crippen LogP contribution >= 0.6 is 0 Å². The predicted molar refractivity (Wildman–Crippen MR) is 73.5 cm³/mol. The summed E-state index contributed by atoms with van der Waals surface area (Å²) in [4.78, 5) is 4.51. The molecule has 4 aliphatic carbocycles. The fraction of sp³-hybridized carbons (Fsp3) is 0.933. The quantitative estimate of drug-likeness (QED) is 0.800. The van der Waals surface area contributed by atoms with Gasteiger partial charge in [0.2, 0.25) is 0 Å².